The van der Waals surface area contributed by atoms with Gasteiger partial charge in [0.2, 0.25) is 0 Å². The molecule has 0 bridgehead atoms. The van der Waals surface area contributed by atoms with Crippen LogP contribution in [0, 0.1) is 5.82 Å². The minimum atomic E-state index is -0.241. The molecule has 0 spiro atoms. The highest BCUT2D eigenvalue weighted by atomic mass is 19.1. The van der Waals surface area contributed by atoms with Crippen molar-refractivity contribution in [2.75, 3.05) is 5.32 Å². The Morgan fingerprint density at radius 2 is 2.11 bits per heavy atom. The Balaban J connectivity index is 2.07. The molecule has 1 heterocycles. The van der Waals surface area contributed by atoms with Gasteiger partial charge in [-0.3, -0.25) is 4.79 Å². The number of nitrogens with one attached hydrogen (secondary N) is 1. The quantitative estimate of drug-likeness (QED) is 0.896. The molecule has 2 aromatic rings. The second-order valence-electron chi connectivity index (χ2n) is 4.43. The van der Waals surface area contributed by atoms with Gasteiger partial charge < -0.3 is 9.88 Å². The van der Waals surface area contributed by atoms with E-state index in [-0.39, 0.29) is 11.4 Å². The first-order chi connectivity index (χ1) is 9.19. The zero-order valence-electron chi connectivity index (χ0n) is 10.9. The summed E-state index contributed by atoms with van der Waals surface area (Å²) in [7, 11) is 0. The molecule has 0 unspecified atom stereocenters. The predicted octanol–water partition coefficient (Wildman–Crippen LogP) is 3.01. The third-order valence-electron chi connectivity index (χ3n) is 2.83. The maximum absolute atomic E-state index is 13.0. The molecule has 19 heavy (non-hydrogen) atoms. The fourth-order valence-electron chi connectivity index (χ4n) is 1.90. The fourth-order valence-corrected chi connectivity index (χ4v) is 1.90. The number of hydrogen-bond acceptors (Lipinski definition) is 2. The lowest BCUT2D eigenvalue weighted by Gasteiger charge is -2.09. The largest absolute Gasteiger partial charge is 0.380 e. The topological polar surface area (TPSA) is 34.0 Å². The van der Waals surface area contributed by atoms with Crippen molar-refractivity contribution in [2.24, 2.45) is 0 Å². The Morgan fingerprint density at radius 3 is 2.84 bits per heavy atom. The molecule has 0 aliphatic rings. The maximum atomic E-state index is 13.0. The molecule has 0 fully saturated rings. The first kappa shape index (κ1) is 13.3. The van der Waals surface area contributed by atoms with Gasteiger partial charge >= 0.3 is 0 Å². The van der Waals surface area contributed by atoms with Crippen LogP contribution < -0.4 is 10.9 Å². The van der Waals surface area contributed by atoms with Crippen molar-refractivity contribution in [1.82, 2.24) is 4.57 Å². The smallest absolute Gasteiger partial charge is 0.250 e. The average Bonchev–Trinajstić information content (AvgIpc) is 2.40. The van der Waals surface area contributed by atoms with Crippen LogP contribution in [-0.4, -0.2) is 4.57 Å². The highest BCUT2D eigenvalue weighted by molar-refractivity contribution is 5.41. The van der Waals surface area contributed by atoms with Crippen LogP contribution in [0.4, 0.5) is 10.1 Å². The second-order valence-corrected chi connectivity index (χ2v) is 4.43. The van der Waals surface area contributed by atoms with E-state index in [1.54, 1.807) is 29.0 Å². The van der Waals surface area contributed by atoms with Crippen molar-refractivity contribution in [3.63, 3.8) is 0 Å². The number of nitrogens with zero attached hydrogens (tertiary/aromatic N) is 1. The van der Waals surface area contributed by atoms with E-state index in [2.05, 4.69) is 5.32 Å². The first-order valence-corrected chi connectivity index (χ1v) is 6.38. The summed E-state index contributed by atoms with van der Waals surface area (Å²) in [6.07, 6.45) is 2.71. The minimum absolute atomic E-state index is 0.00171. The zero-order valence-corrected chi connectivity index (χ0v) is 10.9. The van der Waals surface area contributed by atoms with Gasteiger partial charge in [-0.15, -0.1) is 0 Å². The van der Waals surface area contributed by atoms with Gasteiger partial charge in [-0.1, -0.05) is 19.1 Å². The Bertz CT molecular complexity index is 607. The minimum Gasteiger partial charge on any atom is -0.380 e. The van der Waals surface area contributed by atoms with Crippen LogP contribution in [0.25, 0.3) is 0 Å². The maximum Gasteiger partial charge on any atom is 0.250 e. The van der Waals surface area contributed by atoms with Crippen molar-refractivity contribution in [3.8, 4) is 0 Å². The highest BCUT2D eigenvalue weighted by Gasteiger charge is 1.99. The number of pyridine rings is 1. The van der Waals surface area contributed by atoms with Crippen molar-refractivity contribution < 1.29 is 4.39 Å². The van der Waals surface area contributed by atoms with Crippen LogP contribution >= 0.6 is 0 Å². The van der Waals surface area contributed by atoms with E-state index >= 15 is 0 Å². The van der Waals surface area contributed by atoms with Gasteiger partial charge in [0.1, 0.15) is 5.82 Å². The Labute approximate surface area is 111 Å². The Hall–Kier alpha value is -2.10. The van der Waals surface area contributed by atoms with Crippen LogP contribution in [0.3, 0.4) is 0 Å². The SMILES string of the molecule is CCCn1cc(NCc2cccc(F)c2)ccc1=O. The number of aromatic nitrogens is 1. The molecule has 3 nitrogen and oxygen atoms in total. The standard InChI is InChI=1S/C15H17FN2O/c1-2-8-18-11-14(6-7-15(18)19)17-10-12-4-3-5-13(16)9-12/h3-7,9,11,17H,2,8,10H2,1H3. The van der Waals surface area contributed by atoms with E-state index in [0.717, 1.165) is 17.7 Å². The third kappa shape index (κ3) is 3.68. The summed E-state index contributed by atoms with van der Waals surface area (Å²) >= 11 is 0. The number of halogens is 1. The average molecular weight is 260 g/mol. The fraction of sp³-hybridized carbons (Fsp3) is 0.267. The molecular weight excluding hydrogens is 243 g/mol. The molecule has 0 saturated carbocycles. The van der Waals surface area contributed by atoms with Crippen LogP contribution in [-0.2, 0) is 13.1 Å². The molecule has 0 atom stereocenters. The molecule has 0 aliphatic carbocycles. The van der Waals surface area contributed by atoms with E-state index in [9.17, 15) is 9.18 Å². The lowest BCUT2D eigenvalue weighted by molar-refractivity contribution is 0.626. The van der Waals surface area contributed by atoms with Gasteiger partial charge in [-0.25, -0.2) is 4.39 Å². The molecule has 1 aromatic heterocycles. The summed E-state index contributed by atoms with van der Waals surface area (Å²) in [4.78, 5) is 11.6. The summed E-state index contributed by atoms with van der Waals surface area (Å²) in [5, 5.41) is 3.19. The molecule has 0 amide bonds. The second kappa shape index (κ2) is 6.18. The number of aryl methyl sites for hydroxylation is 1. The Morgan fingerprint density at radius 1 is 1.26 bits per heavy atom. The van der Waals surface area contributed by atoms with E-state index in [1.807, 2.05) is 13.0 Å². The molecule has 1 aromatic carbocycles. The van der Waals surface area contributed by atoms with Crippen LogP contribution in [0.1, 0.15) is 18.9 Å². The van der Waals surface area contributed by atoms with Crippen molar-refractivity contribution in [3.05, 3.63) is 64.3 Å². The van der Waals surface area contributed by atoms with Gasteiger partial charge in [0.25, 0.3) is 5.56 Å². The molecule has 0 saturated heterocycles. The van der Waals surface area contributed by atoms with E-state index < -0.39 is 0 Å². The third-order valence-corrected chi connectivity index (χ3v) is 2.83. The summed E-state index contributed by atoms with van der Waals surface area (Å²) < 4.78 is 14.7. The van der Waals surface area contributed by atoms with E-state index in [4.69, 9.17) is 0 Å². The number of hydrogen-bond donors (Lipinski definition) is 1. The van der Waals surface area contributed by atoms with Crippen LogP contribution in [0.2, 0.25) is 0 Å². The molecular formula is C15H17FN2O. The molecule has 1 N–H and O–H groups in total. The lowest BCUT2D eigenvalue weighted by atomic mass is 10.2. The first-order valence-electron chi connectivity index (χ1n) is 6.38. The van der Waals surface area contributed by atoms with Crippen LogP contribution in [0.5, 0.6) is 0 Å². The highest BCUT2D eigenvalue weighted by Crippen LogP contribution is 2.08. The summed E-state index contributed by atoms with van der Waals surface area (Å²) in [5.74, 6) is -0.241. The van der Waals surface area contributed by atoms with E-state index in [1.165, 1.54) is 12.1 Å². The van der Waals surface area contributed by atoms with Crippen molar-refractivity contribution in [2.45, 2.75) is 26.4 Å². The molecule has 100 valence electrons. The monoisotopic (exact) mass is 260 g/mol. The lowest BCUT2D eigenvalue weighted by Crippen LogP contribution is -2.18. The summed E-state index contributed by atoms with van der Waals surface area (Å²) in [6, 6.07) is 9.75. The van der Waals surface area contributed by atoms with Gasteiger partial charge in [-0.05, 0) is 30.2 Å². The molecule has 4 heteroatoms. The molecule has 0 aliphatic heterocycles. The van der Waals surface area contributed by atoms with Crippen molar-refractivity contribution in [1.29, 1.82) is 0 Å². The normalized spacial score (nSPS) is 10.4. The molecule has 2 rings (SSSR count). The van der Waals surface area contributed by atoms with Crippen LogP contribution in [0.15, 0.2) is 47.4 Å². The number of rotatable bonds is 5. The van der Waals surface area contributed by atoms with Gasteiger partial charge in [-0.2, -0.15) is 0 Å². The van der Waals surface area contributed by atoms with E-state index in [0.29, 0.717) is 13.1 Å². The predicted molar refractivity (Wildman–Crippen MR) is 74.7 cm³/mol. The summed E-state index contributed by atoms with van der Waals surface area (Å²) in [5.41, 5.74) is 1.73. The van der Waals surface area contributed by atoms with Crippen molar-refractivity contribution >= 4 is 5.69 Å². The van der Waals surface area contributed by atoms with Gasteiger partial charge in [0.15, 0.2) is 0 Å². The number of anilines is 1. The molecule has 0 radical (unpaired) electrons. The zero-order chi connectivity index (χ0) is 13.7. The van der Waals surface area contributed by atoms with Gasteiger partial charge in [0.05, 0.1) is 5.69 Å². The number of benzene rings is 1. The Kier molecular flexibility index (Phi) is 4.34. The van der Waals surface area contributed by atoms with Gasteiger partial charge in [0, 0.05) is 25.4 Å². The summed E-state index contributed by atoms with van der Waals surface area (Å²) in [6.45, 7) is 3.26.